The van der Waals surface area contributed by atoms with E-state index < -0.39 is 0 Å². The van der Waals surface area contributed by atoms with Crippen LogP contribution in [0.1, 0.15) is 44.6 Å². The minimum Gasteiger partial charge on any atom is -0.316 e. The van der Waals surface area contributed by atoms with Crippen LogP contribution in [0.25, 0.3) is 0 Å². The van der Waals surface area contributed by atoms with E-state index in [2.05, 4.69) is 42.6 Å². The van der Waals surface area contributed by atoms with Gasteiger partial charge < -0.3 is 5.32 Å². The van der Waals surface area contributed by atoms with Crippen molar-refractivity contribution in [3.05, 3.63) is 35.9 Å². The maximum atomic E-state index is 3.64. The fourth-order valence-corrected chi connectivity index (χ4v) is 3.04. The second kappa shape index (κ2) is 7.58. The maximum absolute atomic E-state index is 3.64. The van der Waals surface area contributed by atoms with Gasteiger partial charge in [0.2, 0.25) is 0 Å². The van der Waals surface area contributed by atoms with Gasteiger partial charge in [-0.1, -0.05) is 50.1 Å². The normalized spacial score (nSPS) is 23.4. The molecule has 1 saturated carbocycles. The Bertz CT molecular complexity index is 320. The number of aryl methyl sites for hydroxylation is 1. The van der Waals surface area contributed by atoms with Crippen LogP contribution in [0.5, 0.6) is 0 Å². The number of hydrogen-bond acceptors (Lipinski definition) is 1. The van der Waals surface area contributed by atoms with Gasteiger partial charge >= 0.3 is 0 Å². The fourth-order valence-electron chi connectivity index (χ4n) is 3.04. The Balaban J connectivity index is 1.49. The highest BCUT2D eigenvalue weighted by Gasteiger charge is 2.22. The highest BCUT2D eigenvalue weighted by molar-refractivity contribution is 5.14. The summed E-state index contributed by atoms with van der Waals surface area (Å²) in [4.78, 5) is 0. The zero-order chi connectivity index (χ0) is 12.6. The lowest BCUT2D eigenvalue weighted by atomic mass is 9.98. The Morgan fingerprint density at radius 2 is 1.94 bits per heavy atom. The lowest BCUT2D eigenvalue weighted by Crippen LogP contribution is -2.25. The molecular weight excluding hydrogens is 218 g/mol. The van der Waals surface area contributed by atoms with E-state index in [1.54, 1.807) is 0 Å². The van der Waals surface area contributed by atoms with E-state index in [0.29, 0.717) is 0 Å². The van der Waals surface area contributed by atoms with Crippen molar-refractivity contribution < 1.29 is 0 Å². The Morgan fingerprint density at radius 1 is 1.11 bits per heavy atom. The van der Waals surface area contributed by atoms with E-state index in [-0.39, 0.29) is 0 Å². The molecule has 100 valence electrons. The largest absolute Gasteiger partial charge is 0.316 e. The third-order valence-electron chi connectivity index (χ3n) is 4.36. The van der Waals surface area contributed by atoms with Gasteiger partial charge in [-0.05, 0) is 56.2 Å². The first-order valence-electron chi connectivity index (χ1n) is 7.61. The molecular formula is C17H27N. The lowest BCUT2D eigenvalue weighted by molar-refractivity contribution is 0.391. The molecule has 2 atom stereocenters. The average Bonchev–Trinajstić information content (AvgIpc) is 2.81. The SMILES string of the molecule is CC1CCCC1CNCCCCc1ccccc1. The molecule has 1 aliphatic rings. The van der Waals surface area contributed by atoms with Gasteiger partial charge in [0.05, 0.1) is 0 Å². The Labute approximate surface area is 112 Å². The molecule has 1 aromatic rings. The number of nitrogens with one attached hydrogen (secondary N) is 1. The van der Waals surface area contributed by atoms with E-state index in [1.165, 1.54) is 57.2 Å². The van der Waals surface area contributed by atoms with Crippen molar-refractivity contribution in [2.75, 3.05) is 13.1 Å². The van der Waals surface area contributed by atoms with Crippen LogP contribution >= 0.6 is 0 Å². The van der Waals surface area contributed by atoms with E-state index in [9.17, 15) is 0 Å². The topological polar surface area (TPSA) is 12.0 Å². The van der Waals surface area contributed by atoms with E-state index in [0.717, 1.165) is 11.8 Å². The van der Waals surface area contributed by atoms with Crippen molar-refractivity contribution in [2.24, 2.45) is 11.8 Å². The van der Waals surface area contributed by atoms with Gasteiger partial charge in [0.15, 0.2) is 0 Å². The molecule has 0 aromatic heterocycles. The summed E-state index contributed by atoms with van der Waals surface area (Å²) in [6.07, 6.45) is 8.16. The average molecular weight is 245 g/mol. The minimum atomic E-state index is 0.944. The summed E-state index contributed by atoms with van der Waals surface area (Å²) in [7, 11) is 0. The van der Waals surface area contributed by atoms with E-state index in [1.807, 2.05) is 0 Å². The summed E-state index contributed by atoms with van der Waals surface area (Å²) >= 11 is 0. The molecule has 0 saturated heterocycles. The molecule has 0 radical (unpaired) electrons. The first-order chi connectivity index (χ1) is 8.86. The molecule has 0 bridgehead atoms. The van der Waals surface area contributed by atoms with Crippen molar-refractivity contribution in [3.8, 4) is 0 Å². The van der Waals surface area contributed by atoms with Crippen molar-refractivity contribution in [1.82, 2.24) is 5.32 Å². The molecule has 18 heavy (non-hydrogen) atoms. The molecule has 2 unspecified atom stereocenters. The number of unbranched alkanes of at least 4 members (excludes halogenated alkanes) is 1. The Morgan fingerprint density at radius 3 is 2.67 bits per heavy atom. The van der Waals surface area contributed by atoms with Crippen LogP contribution in [0.3, 0.4) is 0 Å². The number of benzene rings is 1. The summed E-state index contributed by atoms with van der Waals surface area (Å²) in [6, 6.07) is 10.8. The molecule has 0 heterocycles. The third-order valence-corrected chi connectivity index (χ3v) is 4.36. The second-order valence-corrected chi connectivity index (χ2v) is 5.82. The summed E-state index contributed by atoms with van der Waals surface area (Å²) in [5.74, 6) is 1.89. The van der Waals surface area contributed by atoms with Crippen LogP contribution in [0.4, 0.5) is 0 Å². The molecule has 0 spiro atoms. The monoisotopic (exact) mass is 245 g/mol. The fraction of sp³-hybridized carbons (Fsp3) is 0.647. The van der Waals surface area contributed by atoms with Gasteiger partial charge in [0, 0.05) is 0 Å². The van der Waals surface area contributed by atoms with Crippen LogP contribution in [-0.4, -0.2) is 13.1 Å². The smallest absolute Gasteiger partial charge is 0.00180 e. The molecule has 1 aliphatic carbocycles. The highest BCUT2D eigenvalue weighted by Crippen LogP contribution is 2.30. The molecule has 0 amide bonds. The molecule has 2 rings (SSSR count). The molecule has 1 nitrogen and oxygen atoms in total. The van der Waals surface area contributed by atoms with Gasteiger partial charge in [-0.3, -0.25) is 0 Å². The predicted octanol–water partition coefficient (Wildman–Crippen LogP) is 4.04. The molecule has 1 aromatic carbocycles. The molecule has 1 fully saturated rings. The zero-order valence-electron chi connectivity index (χ0n) is 11.7. The quantitative estimate of drug-likeness (QED) is 0.715. The number of rotatable bonds is 7. The first-order valence-corrected chi connectivity index (χ1v) is 7.61. The summed E-state index contributed by atoms with van der Waals surface area (Å²) in [5, 5.41) is 3.64. The van der Waals surface area contributed by atoms with E-state index in [4.69, 9.17) is 0 Å². The van der Waals surface area contributed by atoms with Gasteiger partial charge in [-0.25, -0.2) is 0 Å². The van der Waals surface area contributed by atoms with Crippen LogP contribution in [0.2, 0.25) is 0 Å². The van der Waals surface area contributed by atoms with Crippen molar-refractivity contribution >= 4 is 0 Å². The van der Waals surface area contributed by atoms with Crippen molar-refractivity contribution in [3.63, 3.8) is 0 Å². The van der Waals surface area contributed by atoms with Crippen LogP contribution < -0.4 is 5.32 Å². The Kier molecular flexibility index (Phi) is 5.73. The predicted molar refractivity (Wildman–Crippen MR) is 78.8 cm³/mol. The summed E-state index contributed by atoms with van der Waals surface area (Å²) < 4.78 is 0. The van der Waals surface area contributed by atoms with Gasteiger partial charge in [0.1, 0.15) is 0 Å². The van der Waals surface area contributed by atoms with Gasteiger partial charge in [0.25, 0.3) is 0 Å². The molecule has 0 aliphatic heterocycles. The highest BCUT2D eigenvalue weighted by atomic mass is 14.9. The van der Waals surface area contributed by atoms with Crippen LogP contribution in [0.15, 0.2) is 30.3 Å². The molecule has 1 heteroatoms. The van der Waals surface area contributed by atoms with Gasteiger partial charge in [-0.2, -0.15) is 0 Å². The maximum Gasteiger partial charge on any atom is -0.00180 e. The van der Waals surface area contributed by atoms with Crippen LogP contribution in [-0.2, 0) is 6.42 Å². The second-order valence-electron chi connectivity index (χ2n) is 5.82. The number of hydrogen-bond donors (Lipinski definition) is 1. The van der Waals surface area contributed by atoms with Crippen LogP contribution in [0, 0.1) is 11.8 Å². The third kappa shape index (κ3) is 4.45. The minimum absolute atomic E-state index is 0.944. The Hall–Kier alpha value is -0.820. The summed E-state index contributed by atoms with van der Waals surface area (Å²) in [6.45, 7) is 4.84. The summed E-state index contributed by atoms with van der Waals surface area (Å²) in [5.41, 5.74) is 1.47. The van der Waals surface area contributed by atoms with Crippen molar-refractivity contribution in [1.29, 1.82) is 0 Å². The lowest BCUT2D eigenvalue weighted by Gasteiger charge is -2.15. The zero-order valence-corrected chi connectivity index (χ0v) is 11.7. The van der Waals surface area contributed by atoms with Crippen molar-refractivity contribution in [2.45, 2.75) is 45.4 Å². The standard InChI is InChI=1S/C17H27N/c1-15-8-7-12-17(15)14-18-13-6-5-11-16-9-3-2-4-10-16/h2-4,9-10,15,17-18H,5-8,11-14H2,1H3. The molecule has 1 N–H and O–H groups in total. The van der Waals surface area contributed by atoms with Gasteiger partial charge in [-0.15, -0.1) is 0 Å². The van der Waals surface area contributed by atoms with E-state index >= 15 is 0 Å². The first kappa shape index (κ1) is 13.6.